The zero-order chi connectivity index (χ0) is 11.4. The average Bonchev–Trinajstić information content (AvgIpc) is 2.51. The van der Waals surface area contributed by atoms with Crippen molar-refractivity contribution >= 4 is 17.9 Å². The third kappa shape index (κ3) is 2.93. The first-order valence-corrected chi connectivity index (χ1v) is 4.15. The number of hydrogen-bond acceptors (Lipinski definition) is 4. The molecular formula is C7H11N5O3. The minimum Gasteiger partial charge on any atom is -0.480 e. The zero-order valence-electron chi connectivity index (χ0n) is 8.26. The Balaban J connectivity index is 2.50. The summed E-state index contributed by atoms with van der Waals surface area (Å²) in [7, 11) is 1.60. The highest BCUT2D eigenvalue weighted by atomic mass is 16.4. The van der Waals surface area contributed by atoms with Crippen LogP contribution in [0.15, 0.2) is 6.33 Å². The molecule has 0 saturated carbocycles. The van der Waals surface area contributed by atoms with Crippen LogP contribution >= 0.6 is 0 Å². The van der Waals surface area contributed by atoms with Gasteiger partial charge in [0.2, 0.25) is 5.95 Å². The summed E-state index contributed by atoms with van der Waals surface area (Å²) in [5, 5.41) is 16.8. The second-order valence-electron chi connectivity index (χ2n) is 2.87. The van der Waals surface area contributed by atoms with Gasteiger partial charge < -0.3 is 10.4 Å². The van der Waals surface area contributed by atoms with Gasteiger partial charge in [0.15, 0.2) is 0 Å². The molecule has 1 atom stereocenters. The van der Waals surface area contributed by atoms with Crippen LogP contribution in [0.1, 0.15) is 6.92 Å². The number of hydrogen-bond donors (Lipinski definition) is 3. The lowest BCUT2D eigenvalue weighted by molar-refractivity contribution is -0.138. The summed E-state index contributed by atoms with van der Waals surface area (Å²) in [6, 6.07) is -1.60. The minimum atomic E-state index is -1.11. The topological polar surface area (TPSA) is 109 Å². The third-order valence-corrected chi connectivity index (χ3v) is 1.65. The van der Waals surface area contributed by atoms with Gasteiger partial charge in [-0.2, -0.15) is 10.1 Å². The fourth-order valence-electron chi connectivity index (χ4n) is 0.805. The van der Waals surface area contributed by atoms with E-state index in [2.05, 4.69) is 20.7 Å². The van der Waals surface area contributed by atoms with Crippen molar-refractivity contribution in [1.29, 1.82) is 0 Å². The van der Waals surface area contributed by atoms with Crippen LogP contribution in [-0.4, -0.2) is 37.9 Å². The van der Waals surface area contributed by atoms with Crippen LogP contribution in [0.2, 0.25) is 0 Å². The summed E-state index contributed by atoms with van der Waals surface area (Å²) in [5.41, 5.74) is 0. The number of aryl methyl sites for hydroxylation is 1. The number of rotatable bonds is 3. The Labute approximate surface area is 85.3 Å². The van der Waals surface area contributed by atoms with Crippen molar-refractivity contribution in [3.8, 4) is 0 Å². The van der Waals surface area contributed by atoms with Crippen LogP contribution in [0.3, 0.4) is 0 Å². The van der Waals surface area contributed by atoms with Crippen LogP contribution < -0.4 is 10.6 Å². The van der Waals surface area contributed by atoms with E-state index in [1.165, 1.54) is 17.9 Å². The number of aliphatic carboxylic acids is 1. The molecule has 0 saturated heterocycles. The van der Waals surface area contributed by atoms with Crippen molar-refractivity contribution in [2.24, 2.45) is 7.05 Å². The van der Waals surface area contributed by atoms with Gasteiger partial charge in [0.1, 0.15) is 12.4 Å². The summed E-state index contributed by atoms with van der Waals surface area (Å²) >= 11 is 0. The van der Waals surface area contributed by atoms with Gasteiger partial charge in [0.25, 0.3) is 0 Å². The van der Waals surface area contributed by atoms with Gasteiger partial charge in [-0.15, -0.1) is 0 Å². The standard InChI is InChI=1S/C7H11N5O3/c1-4(5(13)14)10-7(15)11-6-8-3-9-12(6)2/h3-4H,1-2H3,(H,13,14)(H2,8,9,10,11,15). The molecule has 0 radical (unpaired) electrons. The van der Waals surface area contributed by atoms with E-state index in [1.54, 1.807) is 7.05 Å². The van der Waals surface area contributed by atoms with Gasteiger partial charge in [-0.3, -0.25) is 10.1 Å². The van der Waals surface area contributed by atoms with E-state index in [4.69, 9.17) is 5.11 Å². The molecule has 0 spiro atoms. The van der Waals surface area contributed by atoms with Crippen LogP contribution in [0, 0.1) is 0 Å². The van der Waals surface area contributed by atoms with Gasteiger partial charge in [0.05, 0.1) is 0 Å². The first-order chi connectivity index (χ1) is 7.00. The predicted molar refractivity (Wildman–Crippen MR) is 50.3 cm³/mol. The Morgan fingerprint density at radius 2 is 2.27 bits per heavy atom. The van der Waals surface area contributed by atoms with Crippen LogP contribution in [0.25, 0.3) is 0 Å². The molecule has 1 aromatic rings. The number of aromatic nitrogens is 3. The Morgan fingerprint density at radius 1 is 1.60 bits per heavy atom. The highest BCUT2D eigenvalue weighted by molar-refractivity contribution is 5.90. The maximum Gasteiger partial charge on any atom is 0.325 e. The molecule has 1 heterocycles. The molecule has 8 nitrogen and oxygen atoms in total. The van der Waals surface area contributed by atoms with E-state index in [9.17, 15) is 9.59 Å². The fraction of sp³-hybridized carbons (Fsp3) is 0.429. The molecule has 0 aromatic carbocycles. The number of carboxylic acid groups (broad SMARTS) is 1. The number of urea groups is 1. The summed E-state index contributed by atoms with van der Waals surface area (Å²) in [6.07, 6.45) is 1.27. The van der Waals surface area contributed by atoms with E-state index in [0.29, 0.717) is 0 Å². The van der Waals surface area contributed by atoms with E-state index < -0.39 is 18.0 Å². The smallest absolute Gasteiger partial charge is 0.325 e. The largest absolute Gasteiger partial charge is 0.480 e. The van der Waals surface area contributed by atoms with Gasteiger partial charge in [-0.25, -0.2) is 9.48 Å². The van der Waals surface area contributed by atoms with Crippen molar-refractivity contribution in [1.82, 2.24) is 20.1 Å². The quantitative estimate of drug-likeness (QED) is 0.621. The minimum absolute atomic E-state index is 0.241. The van der Waals surface area contributed by atoms with E-state index in [0.717, 1.165) is 0 Å². The molecule has 1 rings (SSSR count). The van der Waals surface area contributed by atoms with Crippen molar-refractivity contribution < 1.29 is 14.7 Å². The Morgan fingerprint density at radius 3 is 2.73 bits per heavy atom. The molecule has 15 heavy (non-hydrogen) atoms. The summed E-state index contributed by atoms with van der Waals surface area (Å²) in [4.78, 5) is 25.4. The number of anilines is 1. The van der Waals surface area contributed by atoms with E-state index >= 15 is 0 Å². The SMILES string of the molecule is CC(NC(=O)Nc1ncnn1C)C(=O)O. The second-order valence-corrected chi connectivity index (χ2v) is 2.87. The number of carbonyl (C=O) groups excluding carboxylic acids is 1. The highest BCUT2D eigenvalue weighted by Crippen LogP contribution is 1.97. The number of carboxylic acids is 1. The van der Waals surface area contributed by atoms with Crippen molar-refractivity contribution in [2.75, 3.05) is 5.32 Å². The molecule has 0 aliphatic rings. The van der Waals surface area contributed by atoms with E-state index in [1.807, 2.05) is 0 Å². The number of carbonyl (C=O) groups is 2. The molecule has 0 fully saturated rings. The first-order valence-electron chi connectivity index (χ1n) is 4.15. The van der Waals surface area contributed by atoms with Gasteiger partial charge in [0, 0.05) is 7.05 Å². The van der Waals surface area contributed by atoms with Crippen molar-refractivity contribution in [3.63, 3.8) is 0 Å². The molecule has 0 aliphatic heterocycles. The van der Waals surface area contributed by atoms with Crippen LogP contribution in [-0.2, 0) is 11.8 Å². The molecule has 8 heteroatoms. The number of amides is 2. The average molecular weight is 213 g/mol. The lowest BCUT2D eigenvalue weighted by atomic mass is 10.3. The summed E-state index contributed by atoms with van der Waals surface area (Å²) < 4.78 is 1.35. The molecule has 0 aliphatic carbocycles. The van der Waals surface area contributed by atoms with E-state index in [-0.39, 0.29) is 5.95 Å². The maximum atomic E-state index is 11.2. The molecule has 2 amide bonds. The monoisotopic (exact) mass is 213 g/mol. The fourth-order valence-corrected chi connectivity index (χ4v) is 0.805. The lowest BCUT2D eigenvalue weighted by Crippen LogP contribution is -2.41. The maximum absolute atomic E-state index is 11.2. The summed E-state index contributed by atoms with van der Waals surface area (Å²) in [6.45, 7) is 1.36. The van der Waals surface area contributed by atoms with Crippen LogP contribution in [0.5, 0.6) is 0 Å². The Kier molecular flexibility index (Phi) is 3.21. The third-order valence-electron chi connectivity index (χ3n) is 1.65. The molecule has 1 unspecified atom stereocenters. The van der Waals surface area contributed by atoms with Crippen molar-refractivity contribution in [3.05, 3.63) is 6.33 Å². The van der Waals surface area contributed by atoms with Gasteiger partial charge in [-0.1, -0.05) is 0 Å². The number of nitrogens with zero attached hydrogens (tertiary/aromatic N) is 3. The van der Waals surface area contributed by atoms with Gasteiger partial charge >= 0.3 is 12.0 Å². The molecule has 82 valence electrons. The first kappa shape index (κ1) is 11.0. The lowest BCUT2D eigenvalue weighted by Gasteiger charge is -2.09. The summed E-state index contributed by atoms with van der Waals surface area (Å²) in [5.74, 6) is -0.867. The molecular weight excluding hydrogens is 202 g/mol. The Hall–Kier alpha value is -2.12. The molecule has 0 bridgehead atoms. The normalized spacial score (nSPS) is 11.9. The molecule has 3 N–H and O–H groups in total. The van der Waals surface area contributed by atoms with Crippen molar-refractivity contribution in [2.45, 2.75) is 13.0 Å². The van der Waals surface area contributed by atoms with Gasteiger partial charge in [-0.05, 0) is 6.92 Å². The molecule has 1 aromatic heterocycles. The highest BCUT2D eigenvalue weighted by Gasteiger charge is 2.14. The Bertz CT molecular complexity index is 374. The second kappa shape index (κ2) is 4.40. The zero-order valence-corrected chi connectivity index (χ0v) is 8.26. The number of nitrogens with one attached hydrogen (secondary N) is 2. The van der Waals surface area contributed by atoms with Crippen LogP contribution in [0.4, 0.5) is 10.7 Å². The predicted octanol–water partition coefficient (Wildman–Crippen LogP) is -0.590.